The van der Waals surface area contributed by atoms with E-state index in [-0.39, 0.29) is 17.2 Å². The summed E-state index contributed by atoms with van der Waals surface area (Å²) in [5.74, 6) is -0.903. The number of esters is 1. The van der Waals surface area contributed by atoms with Gasteiger partial charge >= 0.3 is 5.97 Å². The van der Waals surface area contributed by atoms with Crippen LogP contribution in [0.4, 0.5) is 5.69 Å². The van der Waals surface area contributed by atoms with Crippen molar-refractivity contribution in [3.8, 4) is 0 Å². The molecule has 2 N–H and O–H groups in total. The van der Waals surface area contributed by atoms with Crippen molar-refractivity contribution in [2.75, 3.05) is 44.6 Å². The fraction of sp³-hybridized carbons (Fsp3) is 0.455. The van der Waals surface area contributed by atoms with Gasteiger partial charge in [0.15, 0.2) is 0 Å². The lowest BCUT2D eigenvalue weighted by Gasteiger charge is -2.33. The molecule has 0 unspecified atom stereocenters. The molecule has 2 aromatic rings. The Morgan fingerprint density at radius 3 is 2.25 bits per heavy atom. The van der Waals surface area contributed by atoms with Crippen molar-refractivity contribution < 1.29 is 22.7 Å². The Hall–Kier alpha value is -2.69. The van der Waals surface area contributed by atoms with Gasteiger partial charge in [0, 0.05) is 37.6 Å². The van der Waals surface area contributed by atoms with E-state index in [1.54, 1.807) is 32.9 Å². The second kappa shape index (κ2) is 9.85. The highest BCUT2D eigenvalue weighted by atomic mass is 32.2. The molecule has 1 aliphatic heterocycles. The Morgan fingerprint density at radius 1 is 1.06 bits per heavy atom. The van der Waals surface area contributed by atoms with E-state index >= 15 is 0 Å². The predicted octanol–water partition coefficient (Wildman–Crippen LogP) is 2.39. The second-order valence-corrected chi connectivity index (χ2v) is 9.60. The van der Waals surface area contributed by atoms with Gasteiger partial charge in [0.1, 0.15) is 5.69 Å². The third-order valence-electron chi connectivity index (χ3n) is 5.67. The predicted molar refractivity (Wildman–Crippen MR) is 121 cm³/mol. The SMILES string of the molecule is CCOC(=O)c1c(C)[nH]c(C(=O)Nc2ccc(S(=O)(=O)N3CCN(CC)CC3)cc2)c1C. The number of nitrogens with zero attached hydrogens (tertiary/aromatic N) is 2. The number of sulfonamides is 1. The molecule has 0 saturated carbocycles. The van der Waals surface area contributed by atoms with Crippen LogP contribution in [0.25, 0.3) is 0 Å². The van der Waals surface area contributed by atoms with E-state index < -0.39 is 21.9 Å². The van der Waals surface area contributed by atoms with Crippen LogP contribution >= 0.6 is 0 Å². The highest BCUT2D eigenvalue weighted by Crippen LogP contribution is 2.22. The number of H-pyrrole nitrogens is 1. The number of aromatic nitrogens is 1. The molecule has 0 spiro atoms. The summed E-state index contributed by atoms with van der Waals surface area (Å²) >= 11 is 0. The maximum atomic E-state index is 12.9. The third kappa shape index (κ3) is 4.87. The summed E-state index contributed by atoms with van der Waals surface area (Å²) in [6.07, 6.45) is 0. The highest BCUT2D eigenvalue weighted by molar-refractivity contribution is 7.89. The van der Waals surface area contributed by atoms with Gasteiger partial charge in [-0.2, -0.15) is 4.31 Å². The first-order valence-corrected chi connectivity index (χ1v) is 12.1. The average molecular weight is 463 g/mol. The number of likely N-dealkylation sites (N-methyl/N-ethyl adjacent to an activating group) is 1. The zero-order valence-electron chi connectivity index (χ0n) is 18.9. The molecular weight excluding hydrogens is 432 g/mol. The Morgan fingerprint density at radius 2 is 1.69 bits per heavy atom. The van der Waals surface area contributed by atoms with Crippen molar-refractivity contribution in [1.29, 1.82) is 0 Å². The fourth-order valence-electron chi connectivity index (χ4n) is 3.83. The second-order valence-electron chi connectivity index (χ2n) is 7.66. The summed E-state index contributed by atoms with van der Waals surface area (Å²) in [5.41, 5.74) is 2.12. The fourth-order valence-corrected chi connectivity index (χ4v) is 5.25. The molecule has 2 heterocycles. The smallest absolute Gasteiger partial charge is 0.340 e. The van der Waals surface area contributed by atoms with Crippen LogP contribution in [-0.4, -0.2) is 73.8 Å². The molecule has 1 saturated heterocycles. The summed E-state index contributed by atoms with van der Waals surface area (Å²) in [4.78, 5) is 30.2. The number of anilines is 1. The van der Waals surface area contributed by atoms with Crippen LogP contribution in [-0.2, 0) is 14.8 Å². The van der Waals surface area contributed by atoms with Crippen molar-refractivity contribution in [2.24, 2.45) is 0 Å². The average Bonchev–Trinajstić information content (AvgIpc) is 3.08. The minimum Gasteiger partial charge on any atom is -0.462 e. The molecule has 0 atom stereocenters. The molecule has 0 bridgehead atoms. The van der Waals surface area contributed by atoms with Gasteiger partial charge in [-0.15, -0.1) is 0 Å². The van der Waals surface area contributed by atoms with Crippen molar-refractivity contribution >= 4 is 27.6 Å². The normalized spacial score (nSPS) is 15.5. The van der Waals surface area contributed by atoms with E-state index in [4.69, 9.17) is 4.74 Å². The molecule has 32 heavy (non-hydrogen) atoms. The number of carbonyl (C=O) groups is 2. The Bertz CT molecular complexity index is 1080. The molecule has 174 valence electrons. The summed E-state index contributed by atoms with van der Waals surface area (Å²) in [7, 11) is -3.58. The molecule has 1 aromatic carbocycles. The molecule has 1 amide bonds. The maximum Gasteiger partial charge on any atom is 0.340 e. The van der Waals surface area contributed by atoms with Crippen LogP contribution in [0.5, 0.6) is 0 Å². The molecule has 9 nitrogen and oxygen atoms in total. The van der Waals surface area contributed by atoms with Crippen molar-refractivity contribution in [3.05, 3.63) is 46.8 Å². The molecule has 1 fully saturated rings. The topological polar surface area (TPSA) is 112 Å². The Labute approximate surface area is 188 Å². The van der Waals surface area contributed by atoms with E-state index in [9.17, 15) is 18.0 Å². The van der Waals surface area contributed by atoms with Crippen molar-refractivity contribution in [3.63, 3.8) is 0 Å². The summed E-state index contributed by atoms with van der Waals surface area (Å²) in [5, 5.41) is 2.74. The van der Waals surface area contributed by atoms with E-state index in [1.165, 1.54) is 16.4 Å². The van der Waals surface area contributed by atoms with E-state index in [0.29, 0.717) is 48.7 Å². The highest BCUT2D eigenvalue weighted by Gasteiger charge is 2.28. The number of amides is 1. The first-order chi connectivity index (χ1) is 15.2. The van der Waals surface area contributed by atoms with Crippen molar-refractivity contribution in [2.45, 2.75) is 32.6 Å². The van der Waals surface area contributed by atoms with Gasteiger partial charge in [0.05, 0.1) is 17.1 Å². The number of ether oxygens (including phenoxy) is 1. The quantitative estimate of drug-likeness (QED) is 0.611. The number of aromatic amines is 1. The van der Waals surface area contributed by atoms with Gasteiger partial charge in [-0.25, -0.2) is 13.2 Å². The van der Waals surface area contributed by atoms with Crippen LogP contribution in [0, 0.1) is 13.8 Å². The van der Waals surface area contributed by atoms with E-state index in [2.05, 4.69) is 22.1 Å². The van der Waals surface area contributed by atoms with Crippen LogP contribution in [0.1, 0.15) is 46.0 Å². The van der Waals surface area contributed by atoms with Gasteiger partial charge in [-0.05, 0) is 57.1 Å². The Kier molecular flexibility index (Phi) is 7.37. The van der Waals surface area contributed by atoms with Crippen molar-refractivity contribution in [1.82, 2.24) is 14.2 Å². The van der Waals surface area contributed by atoms with Crippen LogP contribution in [0.15, 0.2) is 29.2 Å². The number of hydrogen-bond acceptors (Lipinski definition) is 6. The molecule has 1 aliphatic rings. The lowest BCUT2D eigenvalue weighted by molar-refractivity contribution is 0.0525. The zero-order chi connectivity index (χ0) is 23.5. The van der Waals surface area contributed by atoms with Crippen LogP contribution in [0.2, 0.25) is 0 Å². The van der Waals surface area contributed by atoms with Gasteiger partial charge in [0.25, 0.3) is 5.91 Å². The minimum atomic E-state index is -3.58. The number of piperazine rings is 1. The summed E-state index contributed by atoms with van der Waals surface area (Å²) < 4.78 is 32.4. The summed E-state index contributed by atoms with van der Waals surface area (Å²) in [6.45, 7) is 10.7. The molecule has 1 aromatic heterocycles. The van der Waals surface area contributed by atoms with Gasteiger partial charge in [-0.3, -0.25) is 4.79 Å². The largest absolute Gasteiger partial charge is 0.462 e. The number of hydrogen-bond donors (Lipinski definition) is 2. The molecule has 3 rings (SSSR count). The lowest BCUT2D eigenvalue weighted by atomic mass is 10.1. The van der Waals surface area contributed by atoms with Gasteiger partial charge in [0.2, 0.25) is 10.0 Å². The number of nitrogens with one attached hydrogen (secondary N) is 2. The van der Waals surface area contributed by atoms with Gasteiger partial charge < -0.3 is 19.9 Å². The van der Waals surface area contributed by atoms with Crippen LogP contribution in [0.3, 0.4) is 0 Å². The zero-order valence-corrected chi connectivity index (χ0v) is 19.7. The molecule has 10 heteroatoms. The third-order valence-corrected chi connectivity index (χ3v) is 7.59. The minimum absolute atomic E-state index is 0.192. The number of benzene rings is 1. The van der Waals surface area contributed by atoms with E-state index in [1.807, 2.05) is 0 Å². The first kappa shape index (κ1) is 24.0. The van der Waals surface area contributed by atoms with E-state index in [0.717, 1.165) is 6.54 Å². The standard InChI is InChI=1S/C22H30N4O5S/c1-5-25-11-13-26(14-12-25)32(29,30)18-9-7-17(8-10-18)24-21(27)20-15(3)19(16(4)23-20)22(28)31-6-2/h7-10,23H,5-6,11-14H2,1-4H3,(H,24,27). The maximum absolute atomic E-state index is 12.9. The first-order valence-electron chi connectivity index (χ1n) is 10.7. The lowest BCUT2D eigenvalue weighted by Crippen LogP contribution is -2.48. The Balaban J connectivity index is 1.72. The number of aryl methyl sites for hydroxylation is 1. The monoisotopic (exact) mass is 462 g/mol. The van der Waals surface area contributed by atoms with Gasteiger partial charge in [-0.1, -0.05) is 6.92 Å². The molecular formula is C22H30N4O5S. The number of rotatable bonds is 7. The molecule has 0 aliphatic carbocycles. The summed E-state index contributed by atoms with van der Waals surface area (Å²) in [6, 6.07) is 6.11. The van der Waals surface area contributed by atoms with Crippen LogP contribution < -0.4 is 5.32 Å². The number of carbonyl (C=O) groups excluding carboxylic acids is 2. The molecule has 0 radical (unpaired) electrons.